The van der Waals surface area contributed by atoms with Crippen LogP contribution in [0.2, 0.25) is 0 Å². The second-order valence-electron chi connectivity index (χ2n) is 5.33. The number of phenolic OH excluding ortho intramolecular Hbond substituents is 1. The first-order valence-electron chi connectivity index (χ1n) is 7.47. The largest absolute Gasteiger partial charge is 0.504 e. The van der Waals surface area contributed by atoms with Crippen molar-refractivity contribution in [3.8, 4) is 11.5 Å². The molecule has 27 heavy (non-hydrogen) atoms. The standard InChI is InChI=1S/C17H12BrN3O6/c1-26-15-6-10(12(18)7-13(15)22)8-19-20-17(23)16-5-9-4-11(21(24)25)2-3-14(9)27-16/h2-8,22H,1H3,(H,20,23)/b19-8+. The molecule has 0 saturated carbocycles. The summed E-state index contributed by atoms with van der Waals surface area (Å²) in [5, 5.41) is 24.8. The van der Waals surface area contributed by atoms with Crippen LogP contribution < -0.4 is 10.2 Å². The van der Waals surface area contributed by atoms with Gasteiger partial charge >= 0.3 is 5.91 Å². The Morgan fingerprint density at radius 2 is 2.15 bits per heavy atom. The Labute approximate surface area is 160 Å². The van der Waals surface area contributed by atoms with Crippen LogP contribution in [0.15, 0.2) is 50.4 Å². The fourth-order valence-corrected chi connectivity index (χ4v) is 2.73. The van der Waals surface area contributed by atoms with E-state index in [1.165, 1.54) is 49.7 Å². The molecule has 0 radical (unpaired) electrons. The summed E-state index contributed by atoms with van der Waals surface area (Å²) in [5.41, 5.74) is 3.11. The summed E-state index contributed by atoms with van der Waals surface area (Å²) in [6.07, 6.45) is 1.36. The highest BCUT2D eigenvalue weighted by Gasteiger charge is 2.14. The maximum absolute atomic E-state index is 12.2. The molecular weight excluding hydrogens is 422 g/mol. The van der Waals surface area contributed by atoms with Crippen molar-refractivity contribution in [1.29, 1.82) is 0 Å². The fourth-order valence-electron chi connectivity index (χ4n) is 2.29. The van der Waals surface area contributed by atoms with E-state index in [4.69, 9.17) is 9.15 Å². The van der Waals surface area contributed by atoms with Crippen LogP contribution >= 0.6 is 15.9 Å². The highest BCUT2D eigenvalue weighted by molar-refractivity contribution is 9.10. The lowest BCUT2D eigenvalue weighted by atomic mass is 10.2. The molecule has 0 aliphatic rings. The molecule has 0 aliphatic carbocycles. The van der Waals surface area contributed by atoms with Gasteiger partial charge in [-0.3, -0.25) is 14.9 Å². The van der Waals surface area contributed by atoms with Crippen molar-refractivity contribution in [2.75, 3.05) is 7.11 Å². The fraction of sp³-hybridized carbons (Fsp3) is 0.0588. The second-order valence-corrected chi connectivity index (χ2v) is 6.19. The molecule has 0 spiro atoms. The SMILES string of the molecule is COc1cc(/C=N/NC(=O)c2cc3cc([N+](=O)[O-])ccc3o2)c(Br)cc1O. The molecular formula is C17H12BrN3O6. The average Bonchev–Trinajstić information content (AvgIpc) is 3.06. The molecule has 138 valence electrons. The Hall–Kier alpha value is -3.40. The van der Waals surface area contributed by atoms with Crippen LogP contribution in [0.4, 0.5) is 5.69 Å². The molecule has 0 unspecified atom stereocenters. The molecule has 2 aromatic carbocycles. The number of ether oxygens (including phenoxy) is 1. The van der Waals surface area contributed by atoms with E-state index in [1.807, 2.05) is 0 Å². The first-order chi connectivity index (χ1) is 12.9. The summed E-state index contributed by atoms with van der Waals surface area (Å²) in [6, 6.07) is 8.41. The number of nitro groups is 1. The summed E-state index contributed by atoms with van der Waals surface area (Å²) in [6.45, 7) is 0. The minimum Gasteiger partial charge on any atom is -0.504 e. The average molecular weight is 434 g/mol. The molecule has 0 saturated heterocycles. The molecule has 3 aromatic rings. The number of halogens is 1. The molecule has 0 atom stereocenters. The van der Waals surface area contributed by atoms with Crippen molar-refractivity contribution in [2.45, 2.75) is 0 Å². The van der Waals surface area contributed by atoms with Gasteiger partial charge in [0.2, 0.25) is 0 Å². The minimum absolute atomic E-state index is 0.0370. The Kier molecular flexibility index (Phi) is 5.08. The van der Waals surface area contributed by atoms with Crippen molar-refractivity contribution in [3.05, 3.63) is 62.3 Å². The summed E-state index contributed by atoms with van der Waals surface area (Å²) in [5.74, 6) is -0.441. The number of hydrazone groups is 1. The van der Waals surface area contributed by atoms with Crippen molar-refractivity contribution < 1.29 is 24.0 Å². The van der Waals surface area contributed by atoms with Gasteiger partial charge in [0.15, 0.2) is 17.3 Å². The van der Waals surface area contributed by atoms with Gasteiger partial charge in [-0.1, -0.05) is 0 Å². The lowest BCUT2D eigenvalue weighted by Crippen LogP contribution is -2.16. The highest BCUT2D eigenvalue weighted by atomic mass is 79.9. The number of aromatic hydroxyl groups is 1. The van der Waals surface area contributed by atoms with E-state index in [9.17, 15) is 20.0 Å². The van der Waals surface area contributed by atoms with E-state index >= 15 is 0 Å². The van der Waals surface area contributed by atoms with Crippen molar-refractivity contribution in [1.82, 2.24) is 5.43 Å². The number of hydrogen-bond acceptors (Lipinski definition) is 7. The third-order valence-electron chi connectivity index (χ3n) is 3.60. The zero-order valence-corrected chi connectivity index (χ0v) is 15.4. The molecule has 0 fully saturated rings. The third kappa shape index (κ3) is 3.90. The van der Waals surface area contributed by atoms with Gasteiger partial charge in [0.1, 0.15) is 5.58 Å². The summed E-state index contributed by atoms with van der Waals surface area (Å²) >= 11 is 3.27. The Morgan fingerprint density at radius 1 is 1.37 bits per heavy atom. The van der Waals surface area contributed by atoms with Crippen molar-refractivity contribution >= 4 is 44.7 Å². The quantitative estimate of drug-likeness (QED) is 0.359. The summed E-state index contributed by atoms with van der Waals surface area (Å²) < 4.78 is 10.9. The van der Waals surface area contributed by atoms with E-state index in [-0.39, 0.29) is 22.9 Å². The maximum atomic E-state index is 12.2. The predicted molar refractivity (Wildman–Crippen MR) is 100 cm³/mol. The molecule has 1 amide bonds. The Morgan fingerprint density at radius 3 is 2.85 bits per heavy atom. The molecule has 1 heterocycles. The highest BCUT2D eigenvalue weighted by Crippen LogP contribution is 2.31. The van der Waals surface area contributed by atoms with Gasteiger partial charge in [0.25, 0.3) is 5.69 Å². The van der Waals surface area contributed by atoms with Gasteiger partial charge in [0, 0.05) is 27.6 Å². The molecule has 1 aromatic heterocycles. The molecule has 10 heteroatoms. The monoisotopic (exact) mass is 433 g/mol. The van der Waals surface area contributed by atoms with Crippen molar-refractivity contribution in [2.24, 2.45) is 5.10 Å². The topological polar surface area (TPSA) is 127 Å². The van der Waals surface area contributed by atoms with Crippen LogP contribution in [-0.2, 0) is 0 Å². The van der Waals surface area contributed by atoms with E-state index in [0.717, 1.165) is 0 Å². The van der Waals surface area contributed by atoms with Gasteiger partial charge in [-0.25, -0.2) is 5.43 Å². The number of benzene rings is 2. The molecule has 2 N–H and O–H groups in total. The predicted octanol–water partition coefficient (Wildman–Crippen LogP) is 3.58. The maximum Gasteiger partial charge on any atom is 0.307 e. The summed E-state index contributed by atoms with van der Waals surface area (Å²) in [4.78, 5) is 22.4. The van der Waals surface area contributed by atoms with Gasteiger partial charge in [-0.05, 0) is 40.2 Å². The van der Waals surface area contributed by atoms with Gasteiger partial charge in [-0.15, -0.1) is 0 Å². The lowest BCUT2D eigenvalue weighted by Gasteiger charge is -2.06. The van der Waals surface area contributed by atoms with Gasteiger partial charge < -0.3 is 14.3 Å². The number of amides is 1. The van der Waals surface area contributed by atoms with Crippen LogP contribution in [0.3, 0.4) is 0 Å². The molecule has 0 aliphatic heterocycles. The number of nitrogens with one attached hydrogen (secondary N) is 1. The van der Waals surface area contributed by atoms with E-state index in [2.05, 4.69) is 26.5 Å². The second kappa shape index (κ2) is 7.46. The Bertz CT molecular complexity index is 1080. The number of methoxy groups -OCH3 is 1. The number of nitro benzene ring substituents is 1. The first kappa shape index (κ1) is 18.4. The number of non-ortho nitro benzene ring substituents is 1. The zero-order chi connectivity index (χ0) is 19.6. The van der Waals surface area contributed by atoms with Crippen LogP contribution in [0.25, 0.3) is 11.0 Å². The van der Waals surface area contributed by atoms with Crippen LogP contribution in [0.5, 0.6) is 11.5 Å². The number of fused-ring (bicyclic) bond motifs is 1. The van der Waals surface area contributed by atoms with E-state index < -0.39 is 10.8 Å². The van der Waals surface area contributed by atoms with E-state index in [1.54, 1.807) is 0 Å². The van der Waals surface area contributed by atoms with Crippen LogP contribution in [0, 0.1) is 10.1 Å². The number of carbonyl (C=O) groups excluding carboxylic acids is 1. The molecule has 9 nitrogen and oxygen atoms in total. The van der Waals surface area contributed by atoms with E-state index in [0.29, 0.717) is 21.0 Å². The smallest absolute Gasteiger partial charge is 0.307 e. The Balaban J connectivity index is 1.77. The number of carbonyl (C=O) groups is 1. The van der Waals surface area contributed by atoms with Crippen LogP contribution in [0.1, 0.15) is 16.1 Å². The number of phenols is 1. The number of nitrogens with zero attached hydrogens (tertiary/aromatic N) is 2. The zero-order valence-electron chi connectivity index (χ0n) is 13.8. The van der Waals surface area contributed by atoms with Crippen molar-refractivity contribution in [3.63, 3.8) is 0 Å². The number of furan rings is 1. The lowest BCUT2D eigenvalue weighted by molar-refractivity contribution is -0.384. The van der Waals surface area contributed by atoms with Gasteiger partial charge in [-0.2, -0.15) is 5.10 Å². The number of hydrogen-bond donors (Lipinski definition) is 2. The molecule has 0 bridgehead atoms. The minimum atomic E-state index is -0.619. The molecule has 3 rings (SSSR count). The third-order valence-corrected chi connectivity index (χ3v) is 4.29. The summed E-state index contributed by atoms with van der Waals surface area (Å²) in [7, 11) is 1.41. The van der Waals surface area contributed by atoms with Crippen LogP contribution in [-0.4, -0.2) is 29.3 Å². The number of rotatable bonds is 5. The normalized spacial score (nSPS) is 11.0. The first-order valence-corrected chi connectivity index (χ1v) is 8.26. The van der Waals surface area contributed by atoms with Gasteiger partial charge in [0.05, 0.1) is 18.2 Å².